The first-order valence-corrected chi connectivity index (χ1v) is 9.67. The Hall–Kier alpha value is -0.790. The fraction of sp³-hybridized carbons (Fsp3) is 0.412. The summed E-state index contributed by atoms with van der Waals surface area (Å²) in [5.41, 5.74) is 7.81. The van der Waals surface area contributed by atoms with Crippen LogP contribution in [0.2, 0.25) is 0 Å². The Labute approximate surface area is 169 Å². The van der Waals surface area contributed by atoms with Gasteiger partial charge in [0.05, 0.1) is 10.7 Å². The maximum Gasteiger partial charge on any atom is 0.253 e. The van der Waals surface area contributed by atoms with Gasteiger partial charge in [-0.15, -0.1) is 47.9 Å². The van der Waals surface area contributed by atoms with Crippen LogP contribution in [-0.2, 0) is 5.75 Å². The van der Waals surface area contributed by atoms with E-state index in [1.54, 1.807) is 23.1 Å². The molecule has 0 saturated carbocycles. The standard InChI is InChI=1S/C17H21N3OS2.2ClH/c1-12-19-15(10-22-12)11-23-16-6-4-13(5-7-16)17(21)20-8-2-3-14(18)9-20;;/h4-7,10,14H,2-3,8-9,11,18H2,1H3;2*1H. The summed E-state index contributed by atoms with van der Waals surface area (Å²) in [5, 5.41) is 3.20. The number of halogens is 2. The number of carbonyl (C=O) groups is 1. The first kappa shape index (κ1) is 22.3. The monoisotopic (exact) mass is 419 g/mol. The average Bonchev–Trinajstić information content (AvgIpc) is 2.98. The Balaban J connectivity index is 0.00000156. The van der Waals surface area contributed by atoms with Gasteiger partial charge in [-0.3, -0.25) is 4.79 Å². The molecule has 1 saturated heterocycles. The van der Waals surface area contributed by atoms with Crippen molar-refractivity contribution in [1.29, 1.82) is 0 Å². The van der Waals surface area contributed by atoms with Gasteiger partial charge in [0.1, 0.15) is 0 Å². The Morgan fingerprint density at radius 1 is 1.36 bits per heavy atom. The highest BCUT2D eigenvalue weighted by Gasteiger charge is 2.22. The van der Waals surface area contributed by atoms with Crippen LogP contribution in [0, 0.1) is 6.92 Å². The second-order valence-corrected chi connectivity index (χ2v) is 7.94. The number of likely N-dealkylation sites (tertiary alicyclic amines) is 1. The fourth-order valence-corrected chi connectivity index (χ4v) is 4.21. The average molecular weight is 420 g/mol. The zero-order chi connectivity index (χ0) is 16.2. The third kappa shape index (κ3) is 6.15. The van der Waals surface area contributed by atoms with Crippen molar-refractivity contribution in [2.24, 2.45) is 5.73 Å². The van der Waals surface area contributed by atoms with Gasteiger partial charge in [-0.05, 0) is 44.0 Å². The fourth-order valence-electron chi connectivity index (χ4n) is 2.70. The van der Waals surface area contributed by atoms with Gasteiger partial charge in [-0.2, -0.15) is 0 Å². The maximum atomic E-state index is 12.5. The number of carbonyl (C=O) groups excluding carboxylic acids is 1. The van der Waals surface area contributed by atoms with E-state index in [1.807, 2.05) is 36.1 Å². The van der Waals surface area contributed by atoms with Crippen molar-refractivity contribution in [2.75, 3.05) is 13.1 Å². The number of rotatable bonds is 4. The summed E-state index contributed by atoms with van der Waals surface area (Å²) < 4.78 is 0. The van der Waals surface area contributed by atoms with Crippen LogP contribution < -0.4 is 5.73 Å². The molecule has 4 nitrogen and oxygen atoms in total. The normalized spacial score (nSPS) is 16.7. The van der Waals surface area contributed by atoms with Gasteiger partial charge in [0.25, 0.3) is 5.91 Å². The minimum atomic E-state index is 0. The minimum Gasteiger partial charge on any atom is -0.337 e. The summed E-state index contributed by atoms with van der Waals surface area (Å²) in [6.07, 6.45) is 2.00. The van der Waals surface area contributed by atoms with E-state index in [9.17, 15) is 4.79 Å². The molecule has 2 heterocycles. The summed E-state index contributed by atoms with van der Waals surface area (Å²) in [5.74, 6) is 0.949. The number of thiazole rings is 1. The smallest absolute Gasteiger partial charge is 0.253 e. The van der Waals surface area contributed by atoms with Gasteiger partial charge in [0.2, 0.25) is 0 Å². The molecule has 0 spiro atoms. The number of piperidine rings is 1. The number of amides is 1. The third-order valence-corrected chi connectivity index (χ3v) is 5.77. The minimum absolute atomic E-state index is 0. The van der Waals surface area contributed by atoms with Gasteiger partial charge in [0, 0.05) is 40.7 Å². The van der Waals surface area contributed by atoms with E-state index in [2.05, 4.69) is 10.4 Å². The molecule has 138 valence electrons. The van der Waals surface area contributed by atoms with Crippen molar-refractivity contribution in [3.63, 3.8) is 0 Å². The van der Waals surface area contributed by atoms with Crippen LogP contribution >= 0.6 is 47.9 Å². The molecular weight excluding hydrogens is 397 g/mol. The lowest BCUT2D eigenvalue weighted by atomic mass is 10.1. The zero-order valence-electron chi connectivity index (χ0n) is 14.0. The van der Waals surface area contributed by atoms with Crippen LogP contribution in [-0.4, -0.2) is 34.9 Å². The quantitative estimate of drug-likeness (QED) is 0.755. The van der Waals surface area contributed by atoms with E-state index >= 15 is 0 Å². The summed E-state index contributed by atoms with van der Waals surface area (Å²) in [6.45, 7) is 3.50. The number of hydrogen-bond acceptors (Lipinski definition) is 5. The van der Waals surface area contributed by atoms with Crippen molar-refractivity contribution < 1.29 is 4.79 Å². The van der Waals surface area contributed by atoms with Crippen molar-refractivity contribution in [3.8, 4) is 0 Å². The van der Waals surface area contributed by atoms with Crippen LogP contribution in [0.15, 0.2) is 34.5 Å². The molecule has 1 unspecified atom stereocenters. The molecule has 8 heteroatoms. The predicted molar refractivity (Wildman–Crippen MR) is 110 cm³/mol. The highest BCUT2D eigenvalue weighted by molar-refractivity contribution is 7.98. The highest BCUT2D eigenvalue weighted by atomic mass is 35.5. The van der Waals surface area contributed by atoms with Gasteiger partial charge < -0.3 is 10.6 Å². The molecule has 0 aliphatic carbocycles. The largest absolute Gasteiger partial charge is 0.337 e. The van der Waals surface area contributed by atoms with E-state index in [0.29, 0.717) is 6.54 Å². The molecule has 1 atom stereocenters. The highest BCUT2D eigenvalue weighted by Crippen LogP contribution is 2.24. The summed E-state index contributed by atoms with van der Waals surface area (Å²) in [6, 6.07) is 7.97. The molecule has 1 aromatic heterocycles. The topological polar surface area (TPSA) is 59.2 Å². The third-order valence-electron chi connectivity index (χ3n) is 3.90. The molecule has 25 heavy (non-hydrogen) atoms. The van der Waals surface area contributed by atoms with Gasteiger partial charge >= 0.3 is 0 Å². The van der Waals surface area contributed by atoms with E-state index < -0.39 is 0 Å². The molecule has 1 aromatic carbocycles. The summed E-state index contributed by atoms with van der Waals surface area (Å²) >= 11 is 3.42. The Kier molecular flexibility index (Phi) is 9.24. The molecule has 1 aliphatic rings. The number of nitrogens with two attached hydrogens (primary N) is 1. The molecule has 3 rings (SSSR count). The molecule has 2 N–H and O–H groups in total. The van der Waals surface area contributed by atoms with E-state index in [1.165, 1.54) is 0 Å². The molecule has 1 fully saturated rings. The second kappa shape index (κ2) is 10.4. The van der Waals surface area contributed by atoms with E-state index in [-0.39, 0.29) is 36.8 Å². The zero-order valence-corrected chi connectivity index (χ0v) is 17.3. The van der Waals surface area contributed by atoms with Crippen LogP contribution in [0.5, 0.6) is 0 Å². The number of hydrogen-bond donors (Lipinski definition) is 1. The van der Waals surface area contributed by atoms with Crippen molar-refractivity contribution in [3.05, 3.63) is 45.9 Å². The number of benzene rings is 1. The number of aromatic nitrogens is 1. The Bertz CT molecular complexity index is 679. The number of aryl methyl sites for hydroxylation is 1. The molecule has 1 aliphatic heterocycles. The van der Waals surface area contributed by atoms with E-state index in [0.717, 1.165) is 46.3 Å². The predicted octanol–water partition coefficient (Wildman–Crippen LogP) is 4.15. The van der Waals surface area contributed by atoms with Crippen LogP contribution in [0.4, 0.5) is 0 Å². The first-order chi connectivity index (χ1) is 11.1. The van der Waals surface area contributed by atoms with Crippen molar-refractivity contribution in [1.82, 2.24) is 9.88 Å². The molecule has 1 amide bonds. The summed E-state index contributed by atoms with van der Waals surface area (Å²) in [4.78, 5) is 20.0. The summed E-state index contributed by atoms with van der Waals surface area (Å²) in [7, 11) is 0. The van der Waals surface area contributed by atoms with Gasteiger partial charge in [-0.25, -0.2) is 4.98 Å². The molecular formula is C17H23Cl2N3OS2. The SMILES string of the molecule is Cc1nc(CSc2ccc(C(=O)N3CCCC(N)C3)cc2)cs1.Cl.Cl. The van der Waals surface area contributed by atoms with Crippen molar-refractivity contribution >= 4 is 53.8 Å². The molecule has 0 radical (unpaired) electrons. The number of thioether (sulfide) groups is 1. The van der Waals surface area contributed by atoms with Crippen LogP contribution in [0.3, 0.4) is 0 Å². The molecule has 2 aromatic rings. The first-order valence-electron chi connectivity index (χ1n) is 7.80. The Morgan fingerprint density at radius 3 is 2.68 bits per heavy atom. The van der Waals surface area contributed by atoms with Crippen molar-refractivity contribution in [2.45, 2.75) is 36.5 Å². The lowest BCUT2D eigenvalue weighted by Gasteiger charge is -2.30. The molecule has 0 bridgehead atoms. The Morgan fingerprint density at radius 2 is 2.08 bits per heavy atom. The van der Waals surface area contributed by atoms with E-state index in [4.69, 9.17) is 5.73 Å². The second-order valence-electron chi connectivity index (χ2n) is 5.82. The lowest BCUT2D eigenvalue weighted by Crippen LogP contribution is -2.45. The van der Waals surface area contributed by atoms with Gasteiger partial charge in [-0.1, -0.05) is 0 Å². The van der Waals surface area contributed by atoms with Crippen LogP contribution in [0.25, 0.3) is 0 Å². The number of nitrogens with zero attached hydrogens (tertiary/aromatic N) is 2. The maximum absolute atomic E-state index is 12.5. The lowest BCUT2D eigenvalue weighted by molar-refractivity contribution is 0.0709. The van der Waals surface area contributed by atoms with Gasteiger partial charge in [0.15, 0.2) is 0 Å². The van der Waals surface area contributed by atoms with Crippen LogP contribution in [0.1, 0.15) is 33.9 Å².